The Morgan fingerprint density at radius 3 is 3.11 bits per heavy atom. The number of rotatable bonds is 4. The van der Waals surface area contributed by atoms with E-state index in [-0.39, 0.29) is 18.1 Å². The lowest BCUT2D eigenvalue weighted by atomic mass is 10.1. The van der Waals surface area contributed by atoms with E-state index in [9.17, 15) is 4.79 Å². The number of carbonyl (C=O) groups is 1. The molecule has 0 aromatic heterocycles. The van der Waals surface area contributed by atoms with E-state index in [1.165, 1.54) is 0 Å². The molecule has 0 aliphatic carbocycles. The fraction of sp³-hybridized carbons (Fsp3) is 0.500. The second-order valence-corrected chi connectivity index (χ2v) is 4.80. The van der Waals surface area contributed by atoms with Gasteiger partial charge in [-0.2, -0.15) is 0 Å². The second kappa shape index (κ2) is 5.98. The van der Waals surface area contributed by atoms with E-state index in [1.807, 2.05) is 31.2 Å². The standard InChI is InChI=1S/C14H20N2O2/c1-10(15)11-4-2-5-12(8-11)16-14(17)9-13-6-3-7-18-13/h2,4-5,8,10,13H,3,6-7,9,15H2,1H3,(H,16,17). The van der Waals surface area contributed by atoms with Gasteiger partial charge in [0.15, 0.2) is 0 Å². The SMILES string of the molecule is CC(N)c1cccc(NC(=O)CC2CCCO2)c1. The third-order valence-electron chi connectivity index (χ3n) is 3.13. The number of amides is 1. The van der Waals surface area contributed by atoms with Gasteiger partial charge in [-0.1, -0.05) is 12.1 Å². The number of ether oxygens (including phenoxy) is 1. The molecule has 4 heteroatoms. The zero-order valence-electron chi connectivity index (χ0n) is 10.7. The molecule has 0 radical (unpaired) electrons. The second-order valence-electron chi connectivity index (χ2n) is 4.80. The number of hydrogen-bond donors (Lipinski definition) is 2. The lowest BCUT2D eigenvalue weighted by molar-refractivity contribution is -0.118. The average Bonchev–Trinajstić information content (AvgIpc) is 2.82. The molecule has 2 atom stereocenters. The Morgan fingerprint density at radius 2 is 2.44 bits per heavy atom. The minimum absolute atomic E-state index is 0.00345. The highest BCUT2D eigenvalue weighted by atomic mass is 16.5. The Kier molecular flexibility index (Phi) is 4.33. The van der Waals surface area contributed by atoms with Gasteiger partial charge in [-0.05, 0) is 37.5 Å². The first-order valence-electron chi connectivity index (χ1n) is 6.42. The fourth-order valence-corrected chi connectivity index (χ4v) is 2.12. The Bertz CT molecular complexity index is 412. The molecule has 4 nitrogen and oxygen atoms in total. The summed E-state index contributed by atoms with van der Waals surface area (Å²) in [5.74, 6) is 0.00345. The Hall–Kier alpha value is -1.39. The van der Waals surface area contributed by atoms with E-state index < -0.39 is 0 Å². The number of anilines is 1. The van der Waals surface area contributed by atoms with Crippen molar-refractivity contribution in [2.24, 2.45) is 5.73 Å². The van der Waals surface area contributed by atoms with Gasteiger partial charge in [0.25, 0.3) is 0 Å². The highest BCUT2D eigenvalue weighted by Crippen LogP contribution is 2.18. The van der Waals surface area contributed by atoms with E-state index in [2.05, 4.69) is 5.32 Å². The summed E-state index contributed by atoms with van der Waals surface area (Å²) in [6.07, 6.45) is 2.55. The van der Waals surface area contributed by atoms with Crippen LogP contribution in [0.2, 0.25) is 0 Å². The van der Waals surface area contributed by atoms with Crippen LogP contribution in [0.15, 0.2) is 24.3 Å². The quantitative estimate of drug-likeness (QED) is 0.858. The van der Waals surface area contributed by atoms with E-state index >= 15 is 0 Å². The van der Waals surface area contributed by atoms with Crippen molar-refractivity contribution in [2.45, 2.75) is 38.3 Å². The van der Waals surface area contributed by atoms with Gasteiger partial charge >= 0.3 is 0 Å². The normalized spacial score (nSPS) is 20.7. The van der Waals surface area contributed by atoms with Crippen molar-refractivity contribution in [1.82, 2.24) is 0 Å². The number of carbonyl (C=O) groups excluding carboxylic acids is 1. The highest BCUT2D eigenvalue weighted by molar-refractivity contribution is 5.91. The summed E-state index contributed by atoms with van der Waals surface area (Å²) in [6, 6.07) is 7.62. The van der Waals surface area contributed by atoms with Crippen LogP contribution in [0.25, 0.3) is 0 Å². The molecule has 98 valence electrons. The van der Waals surface area contributed by atoms with Gasteiger partial charge < -0.3 is 15.8 Å². The van der Waals surface area contributed by atoms with Crippen molar-refractivity contribution >= 4 is 11.6 Å². The molecular weight excluding hydrogens is 228 g/mol. The molecule has 18 heavy (non-hydrogen) atoms. The maximum Gasteiger partial charge on any atom is 0.226 e. The van der Waals surface area contributed by atoms with Gasteiger partial charge in [0.2, 0.25) is 5.91 Å². The number of hydrogen-bond acceptors (Lipinski definition) is 3. The van der Waals surface area contributed by atoms with E-state index in [1.54, 1.807) is 0 Å². The third kappa shape index (κ3) is 3.55. The van der Waals surface area contributed by atoms with Crippen LogP contribution >= 0.6 is 0 Å². The minimum atomic E-state index is -0.0278. The monoisotopic (exact) mass is 248 g/mol. The van der Waals surface area contributed by atoms with Crippen LogP contribution in [0.3, 0.4) is 0 Å². The Labute approximate surface area is 108 Å². The van der Waals surface area contributed by atoms with Crippen LogP contribution in [0, 0.1) is 0 Å². The van der Waals surface area contributed by atoms with Gasteiger partial charge in [0.05, 0.1) is 12.5 Å². The van der Waals surface area contributed by atoms with Crippen molar-refractivity contribution in [2.75, 3.05) is 11.9 Å². The van der Waals surface area contributed by atoms with Crippen LogP contribution < -0.4 is 11.1 Å². The molecule has 2 unspecified atom stereocenters. The smallest absolute Gasteiger partial charge is 0.226 e. The molecule has 3 N–H and O–H groups in total. The largest absolute Gasteiger partial charge is 0.378 e. The van der Waals surface area contributed by atoms with Crippen molar-refractivity contribution < 1.29 is 9.53 Å². The molecule has 1 aromatic carbocycles. The average molecular weight is 248 g/mol. The van der Waals surface area contributed by atoms with Crippen molar-refractivity contribution in [3.8, 4) is 0 Å². The molecule has 1 amide bonds. The van der Waals surface area contributed by atoms with Gasteiger partial charge in [0, 0.05) is 18.3 Å². The summed E-state index contributed by atoms with van der Waals surface area (Å²) in [4.78, 5) is 11.8. The first kappa shape index (κ1) is 13.1. The first-order valence-corrected chi connectivity index (χ1v) is 6.42. The number of benzene rings is 1. The summed E-state index contributed by atoms with van der Waals surface area (Å²) < 4.78 is 5.44. The summed E-state index contributed by atoms with van der Waals surface area (Å²) in [7, 11) is 0. The summed E-state index contributed by atoms with van der Waals surface area (Å²) in [5, 5.41) is 2.89. The maximum atomic E-state index is 11.8. The van der Waals surface area contributed by atoms with Gasteiger partial charge in [-0.25, -0.2) is 0 Å². The molecule has 0 saturated carbocycles. The summed E-state index contributed by atoms with van der Waals surface area (Å²) in [6.45, 7) is 2.70. The zero-order chi connectivity index (χ0) is 13.0. The Morgan fingerprint density at radius 1 is 1.61 bits per heavy atom. The van der Waals surface area contributed by atoms with Crippen LogP contribution in [-0.4, -0.2) is 18.6 Å². The number of nitrogens with one attached hydrogen (secondary N) is 1. The van der Waals surface area contributed by atoms with Gasteiger partial charge in [0.1, 0.15) is 0 Å². The zero-order valence-corrected chi connectivity index (χ0v) is 10.7. The van der Waals surface area contributed by atoms with Crippen LogP contribution in [0.1, 0.15) is 37.8 Å². The molecule has 1 fully saturated rings. The molecule has 0 spiro atoms. The lowest BCUT2D eigenvalue weighted by Gasteiger charge is -2.11. The van der Waals surface area contributed by atoms with E-state index in [4.69, 9.17) is 10.5 Å². The van der Waals surface area contributed by atoms with Gasteiger partial charge in [-0.15, -0.1) is 0 Å². The van der Waals surface area contributed by atoms with Crippen LogP contribution in [0.5, 0.6) is 0 Å². The molecule has 1 heterocycles. The van der Waals surface area contributed by atoms with Gasteiger partial charge in [-0.3, -0.25) is 4.79 Å². The fourth-order valence-electron chi connectivity index (χ4n) is 2.12. The molecule has 0 bridgehead atoms. The van der Waals surface area contributed by atoms with E-state index in [0.29, 0.717) is 6.42 Å². The maximum absolute atomic E-state index is 11.8. The molecule has 1 aliphatic rings. The predicted molar refractivity (Wildman–Crippen MR) is 71.3 cm³/mol. The third-order valence-corrected chi connectivity index (χ3v) is 3.13. The Balaban J connectivity index is 1.91. The summed E-state index contributed by atoms with van der Waals surface area (Å²) >= 11 is 0. The molecule has 1 saturated heterocycles. The molecular formula is C14H20N2O2. The highest BCUT2D eigenvalue weighted by Gasteiger charge is 2.19. The van der Waals surface area contributed by atoms with Crippen molar-refractivity contribution in [3.63, 3.8) is 0 Å². The van der Waals surface area contributed by atoms with Crippen molar-refractivity contribution in [3.05, 3.63) is 29.8 Å². The molecule has 1 aliphatic heterocycles. The molecule has 2 rings (SSSR count). The van der Waals surface area contributed by atoms with Crippen molar-refractivity contribution in [1.29, 1.82) is 0 Å². The van der Waals surface area contributed by atoms with Crippen LogP contribution in [0.4, 0.5) is 5.69 Å². The minimum Gasteiger partial charge on any atom is -0.378 e. The topological polar surface area (TPSA) is 64.3 Å². The predicted octanol–water partition coefficient (Wildman–Crippen LogP) is 2.21. The first-order chi connectivity index (χ1) is 8.65. The summed E-state index contributed by atoms with van der Waals surface area (Å²) in [5.41, 5.74) is 7.63. The van der Waals surface area contributed by atoms with Crippen LogP contribution in [-0.2, 0) is 9.53 Å². The molecule has 1 aromatic rings. The van der Waals surface area contributed by atoms with E-state index in [0.717, 1.165) is 30.7 Å². The number of nitrogens with two attached hydrogens (primary N) is 1. The lowest BCUT2D eigenvalue weighted by Crippen LogP contribution is -2.19.